The summed E-state index contributed by atoms with van der Waals surface area (Å²) in [4.78, 5) is 12.8. The normalized spacial score (nSPS) is 16.3. The fourth-order valence-corrected chi connectivity index (χ4v) is 4.20. The lowest BCUT2D eigenvalue weighted by Gasteiger charge is -2.30. The van der Waals surface area contributed by atoms with E-state index in [2.05, 4.69) is 16.0 Å². The number of ether oxygens (including phenoxy) is 1. The minimum atomic E-state index is -0.553. The highest BCUT2D eigenvalue weighted by atomic mass is 32.1. The molecule has 4 rings (SSSR count). The van der Waals surface area contributed by atoms with Crippen molar-refractivity contribution in [3.8, 4) is 17.5 Å². The van der Waals surface area contributed by atoms with Crippen molar-refractivity contribution in [2.45, 2.75) is 12.6 Å². The number of nitrogens with zero attached hydrogens (tertiary/aromatic N) is 4. The fraction of sp³-hybridized carbons (Fsp3) is 0.316. The summed E-state index contributed by atoms with van der Waals surface area (Å²) >= 11 is 1.51. The number of anilines is 1. The number of rotatable bonds is 4. The van der Waals surface area contributed by atoms with Crippen LogP contribution in [0, 0.1) is 11.3 Å². The van der Waals surface area contributed by atoms with E-state index in [9.17, 15) is 5.11 Å². The molecule has 8 heteroatoms. The van der Waals surface area contributed by atoms with Gasteiger partial charge in [0.15, 0.2) is 5.82 Å². The number of morpholine rings is 1. The Balaban J connectivity index is 1.62. The SMILES string of the molecule is N#Cc1cccc(-c2nc(N)c3cc(CC(O)N4CCOCC4)sc3n2)c1. The van der Waals surface area contributed by atoms with E-state index in [-0.39, 0.29) is 0 Å². The number of nitriles is 1. The number of nitrogens with two attached hydrogens (primary N) is 1. The monoisotopic (exact) mass is 381 g/mol. The first-order valence-electron chi connectivity index (χ1n) is 8.70. The van der Waals surface area contributed by atoms with Gasteiger partial charge in [0.05, 0.1) is 30.2 Å². The van der Waals surface area contributed by atoms with Crippen LogP contribution in [-0.2, 0) is 11.2 Å². The maximum atomic E-state index is 10.5. The first kappa shape index (κ1) is 17.8. The van der Waals surface area contributed by atoms with E-state index in [1.807, 2.05) is 17.0 Å². The predicted octanol–water partition coefficient (Wildman–Crippen LogP) is 2.01. The van der Waals surface area contributed by atoms with E-state index in [4.69, 9.17) is 15.7 Å². The van der Waals surface area contributed by atoms with E-state index in [1.165, 1.54) is 11.3 Å². The van der Waals surface area contributed by atoms with E-state index >= 15 is 0 Å². The summed E-state index contributed by atoms with van der Waals surface area (Å²) in [5.41, 5.74) is 7.46. The van der Waals surface area contributed by atoms with Crippen molar-refractivity contribution in [1.82, 2.24) is 14.9 Å². The molecule has 27 heavy (non-hydrogen) atoms. The van der Waals surface area contributed by atoms with Gasteiger partial charge in [-0.15, -0.1) is 11.3 Å². The minimum absolute atomic E-state index is 0.403. The van der Waals surface area contributed by atoms with E-state index in [0.717, 1.165) is 33.7 Å². The topological polar surface area (TPSA) is 108 Å². The molecule has 0 aliphatic carbocycles. The molecule has 0 amide bonds. The summed E-state index contributed by atoms with van der Waals surface area (Å²) in [6, 6.07) is 11.2. The zero-order valence-electron chi connectivity index (χ0n) is 14.6. The highest BCUT2D eigenvalue weighted by Gasteiger charge is 2.20. The molecule has 1 saturated heterocycles. The zero-order chi connectivity index (χ0) is 18.8. The molecule has 1 aromatic carbocycles. The summed E-state index contributed by atoms with van der Waals surface area (Å²) in [6.07, 6.45) is -0.0392. The Bertz CT molecular complexity index is 1010. The van der Waals surface area contributed by atoms with E-state index < -0.39 is 6.23 Å². The van der Waals surface area contributed by atoms with Gasteiger partial charge in [-0.1, -0.05) is 12.1 Å². The lowest BCUT2D eigenvalue weighted by Crippen LogP contribution is -2.44. The number of aromatic nitrogens is 2. The molecule has 1 aliphatic rings. The number of hydrogen-bond donors (Lipinski definition) is 2. The molecule has 0 saturated carbocycles. The Kier molecular flexibility index (Phi) is 5.01. The first-order chi connectivity index (χ1) is 13.1. The minimum Gasteiger partial charge on any atom is -0.383 e. The van der Waals surface area contributed by atoms with Crippen LogP contribution in [0.2, 0.25) is 0 Å². The molecule has 0 radical (unpaired) electrons. The van der Waals surface area contributed by atoms with Crippen molar-refractivity contribution in [3.63, 3.8) is 0 Å². The third-order valence-electron chi connectivity index (χ3n) is 4.57. The number of nitrogen functional groups attached to an aromatic ring is 1. The molecule has 7 nitrogen and oxygen atoms in total. The Hall–Kier alpha value is -2.57. The number of benzene rings is 1. The molecule has 1 unspecified atom stereocenters. The molecule has 1 fully saturated rings. The Labute approximate surface area is 160 Å². The third-order valence-corrected chi connectivity index (χ3v) is 5.63. The number of hydrogen-bond acceptors (Lipinski definition) is 8. The number of thiophene rings is 1. The van der Waals surface area contributed by atoms with Gasteiger partial charge in [0.1, 0.15) is 16.9 Å². The van der Waals surface area contributed by atoms with Gasteiger partial charge in [-0.3, -0.25) is 4.90 Å². The molecule has 1 atom stereocenters. The summed E-state index contributed by atoms with van der Waals surface area (Å²) in [7, 11) is 0. The van der Waals surface area contributed by atoms with Crippen LogP contribution >= 0.6 is 11.3 Å². The van der Waals surface area contributed by atoms with Crippen molar-refractivity contribution in [3.05, 3.63) is 40.8 Å². The number of fused-ring (bicyclic) bond motifs is 1. The summed E-state index contributed by atoms with van der Waals surface area (Å²) in [6.45, 7) is 2.75. The largest absolute Gasteiger partial charge is 0.383 e. The first-order valence-corrected chi connectivity index (χ1v) is 9.52. The van der Waals surface area contributed by atoms with Crippen molar-refractivity contribution < 1.29 is 9.84 Å². The highest BCUT2D eigenvalue weighted by molar-refractivity contribution is 7.18. The Morgan fingerprint density at radius 2 is 2.11 bits per heavy atom. The van der Waals surface area contributed by atoms with E-state index in [0.29, 0.717) is 36.8 Å². The van der Waals surface area contributed by atoms with Crippen LogP contribution in [0.15, 0.2) is 30.3 Å². The Morgan fingerprint density at radius 3 is 2.89 bits per heavy atom. The average molecular weight is 381 g/mol. The molecular weight excluding hydrogens is 362 g/mol. The van der Waals surface area contributed by atoms with Crippen LogP contribution in [0.25, 0.3) is 21.6 Å². The molecule has 0 spiro atoms. The molecule has 2 aromatic heterocycles. The van der Waals surface area contributed by atoms with Gasteiger partial charge in [-0.05, 0) is 18.2 Å². The second-order valence-corrected chi connectivity index (χ2v) is 7.50. The van der Waals surface area contributed by atoms with Crippen LogP contribution in [-0.4, -0.2) is 52.5 Å². The molecule has 3 aromatic rings. The maximum Gasteiger partial charge on any atom is 0.163 e. The van der Waals surface area contributed by atoms with Crippen molar-refractivity contribution in [2.24, 2.45) is 0 Å². The number of aliphatic hydroxyl groups excluding tert-OH is 1. The molecule has 3 N–H and O–H groups in total. The highest BCUT2D eigenvalue weighted by Crippen LogP contribution is 2.31. The number of aliphatic hydroxyl groups is 1. The van der Waals surface area contributed by atoms with Crippen molar-refractivity contribution >= 4 is 27.4 Å². The fourth-order valence-electron chi connectivity index (χ4n) is 3.14. The maximum absolute atomic E-state index is 10.5. The van der Waals surface area contributed by atoms with Gasteiger partial charge in [0, 0.05) is 30.0 Å². The lowest BCUT2D eigenvalue weighted by molar-refractivity contribution is -0.0572. The van der Waals surface area contributed by atoms with Crippen LogP contribution in [0.4, 0.5) is 5.82 Å². The standard InChI is InChI=1S/C19H19N5O2S/c20-11-12-2-1-3-13(8-12)18-22-17(21)15-9-14(27-19(15)23-18)10-16(25)24-4-6-26-7-5-24/h1-3,8-9,16,25H,4-7,10H2,(H2,21,22,23). The van der Waals surface area contributed by atoms with Gasteiger partial charge in [-0.25, -0.2) is 9.97 Å². The molecule has 1 aliphatic heterocycles. The second kappa shape index (κ2) is 7.58. The van der Waals surface area contributed by atoms with E-state index in [1.54, 1.807) is 18.2 Å². The van der Waals surface area contributed by atoms with Gasteiger partial charge in [-0.2, -0.15) is 5.26 Å². The van der Waals surface area contributed by atoms with Crippen LogP contribution in [0.3, 0.4) is 0 Å². The molecular formula is C19H19N5O2S. The molecule has 138 valence electrons. The quantitative estimate of drug-likeness (QED) is 0.711. The summed E-state index contributed by atoms with van der Waals surface area (Å²) in [5.74, 6) is 0.903. The second-order valence-electron chi connectivity index (χ2n) is 6.39. The van der Waals surface area contributed by atoms with Crippen molar-refractivity contribution in [1.29, 1.82) is 5.26 Å². The lowest BCUT2D eigenvalue weighted by atomic mass is 10.1. The predicted molar refractivity (Wildman–Crippen MR) is 104 cm³/mol. The van der Waals surface area contributed by atoms with Gasteiger partial charge < -0.3 is 15.6 Å². The zero-order valence-corrected chi connectivity index (χ0v) is 15.4. The smallest absolute Gasteiger partial charge is 0.163 e. The van der Waals surface area contributed by atoms with Gasteiger partial charge >= 0.3 is 0 Å². The van der Waals surface area contributed by atoms with Crippen molar-refractivity contribution in [2.75, 3.05) is 32.0 Å². The molecule has 0 bridgehead atoms. The third kappa shape index (κ3) is 3.77. The van der Waals surface area contributed by atoms with Crippen LogP contribution in [0.5, 0.6) is 0 Å². The summed E-state index contributed by atoms with van der Waals surface area (Å²) < 4.78 is 5.33. The summed E-state index contributed by atoms with van der Waals surface area (Å²) in [5, 5.41) is 20.4. The van der Waals surface area contributed by atoms with Crippen LogP contribution in [0.1, 0.15) is 10.4 Å². The average Bonchev–Trinajstić information content (AvgIpc) is 3.11. The van der Waals surface area contributed by atoms with Crippen LogP contribution < -0.4 is 5.73 Å². The Morgan fingerprint density at radius 1 is 1.30 bits per heavy atom. The molecule has 3 heterocycles. The van der Waals surface area contributed by atoms with Gasteiger partial charge in [0.2, 0.25) is 0 Å². The van der Waals surface area contributed by atoms with Gasteiger partial charge in [0.25, 0.3) is 0 Å².